The monoisotopic (exact) mass is 365 g/mol. The van der Waals surface area contributed by atoms with Crippen molar-refractivity contribution in [1.29, 1.82) is 0 Å². The number of nitrogens with two attached hydrogens (primary N) is 1. The first-order chi connectivity index (χ1) is 11.1. The zero-order chi connectivity index (χ0) is 16.2. The molecule has 5 nitrogen and oxygen atoms in total. The maximum atomic E-state index is 12.5. The maximum Gasteiger partial charge on any atom is 0.265 e. The molecule has 1 aliphatic heterocycles. The zero-order valence-corrected chi connectivity index (χ0v) is 14.7. The summed E-state index contributed by atoms with van der Waals surface area (Å²) in [5.74, 6) is -0.169. The predicted molar refractivity (Wildman–Crippen MR) is 99.1 cm³/mol. The molecule has 128 valence electrons. The molecule has 2 heterocycles. The summed E-state index contributed by atoms with van der Waals surface area (Å²) >= 11 is 1.38. The molecule has 2 aromatic rings. The van der Waals surface area contributed by atoms with E-state index in [2.05, 4.69) is 5.32 Å². The van der Waals surface area contributed by atoms with Gasteiger partial charge >= 0.3 is 0 Å². The summed E-state index contributed by atoms with van der Waals surface area (Å²) in [5, 5.41) is 4.69. The zero-order valence-electron chi connectivity index (χ0n) is 13.1. The second-order valence-corrected chi connectivity index (χ2v) is 6.59. The fourth-order valence-electron chi connectivity index (χ4n) is 2.62. The molecule has 3 N–H and O–H groups in total. The third kappa shape index (κ3) is 4.35. The fraction of sp³-hybridized carbons (Fsp3) is 0.294. The molecule has 1 saturated heterocycles. The minimum Gasteiger partial charge on any atom is -0.339 e. The number of anilines is 1. The van der Waals surface area contributed by atoms with Crippen LogP contribution < -0.4 is 11.1 Å². The first kappa shape index (κ1) is 18.4. The number of rotatable bonds is 3. The van der Waals surface area contributed by atoms with Gasteiger partial charge in [0, 0.05) is 30.4 Å². The number of halogens is 1. The maximum absolute atomic E-state index is 12.5. The molecule has 1 fully saturated rings. The third-order valence-corrected chi connectivity index (χ3v) is 4.81. The topological polar surface area (TPSA) is 75.4 Å². The number of benzene rings is 1. The summed E-state index contributed by atoms with van der Waals surface area (Å²) < 4.78 is 0. The standard InChI is InChI=1S/C17H19N3O2S.ClH/c18-13-6-8-20(9-7-13)17(22)12-3-1-4-14(11-12)19-16(21)15-5-2-10-23-15;/h1-5,10-11,13H,6-9,18H2,(H,19,21);1H. The summed E-state index contributed by atoms with van der Waals surface area (Å²) in [6.07, 6.45) is 1.67. The molecule has 0 atom stereocenters. The first-order valence-corrected chi connectivity index (χ1v) is 8.51. The number of carbonyl (C=O) groups is 2. The van der Waals surface area contributed by atoms with E-state index >= 15 is 0 Å². The van der Waals surface area contributed by atoms with E-state index in [1.165, 1.54) is 11.3 Å². The molecule has 1 aliphatic rings. The van der Waals surface area contributed by atoms with Gasteiger partial charge in [-0.05, 0) is 42.5 Å². The number of hydrogen-bond donors (Lipinski definition) is 2. The van der Waals surface area contributed by atoms with E-state index in [9.17, 15) is 9.59 Å². The Hall–Kier alpha value is -1.89. The molecule has 1 aromatic carbocycles. The van der Waals surface area contributed by atoms with Crippen molar-refractivity contribution in [2.75, 3.05) is 18.4 Å². The highest BCUT2D eigenvalue weighted by Gasteiger charge is 2.21. The number of amides is 2. The molecule has 2 amide bonds. The molecule has 24 heavy (non-hydrogen) atoms. The van der Waals surface area contributed by atoms with Gasteiger partial charge in [-0.1, -0.05) is 12.1 Å². The summed E-state index contributed by atoms with van der Waals surface area (Å²) in [4.78, 5) is 27.1. The van der Waals surface area contributed by atoms with E-state index in [0.29, 0.717) is 29.2 Å². The molecule has 0 aliphatic carbocycles. The molecule has 3 rings (SSSR count). The SMILES string of the molecule is Cl.NC1CCN(C(=O)c2cccc(NC(=O)c3cccs3)c2)CC1. The van der Waals surface area contributed by atoms with Gasteiger partial charge in [0.1, 0.15) is 0 Å². The first-order valence-electron chi connectivity index (χ1n) is 7.63. The fourth-order valence-corrected chi connectivity index (χ4v) is 3.23. The average Bonchev–Trinajstić information content (AvgIpc) is 3.10. The molecule has 7 heteroatoms. The summed E-state index contributed by atoms with van der Waals surface area (Å²) in [6, 6.07) is 10.9. The van der Waals surface area contributed by atoms with Crippen LogP contribution in [-0.2, 0) is 0 Å². The molecule has 0 saturated carbocycles. The number of piperidine rings is 1. The van der Waals surface area contributed by atoms with Gasteiger partial charge < -0.3 is 16.0 Å². The van der Waals surface area contributed by atoms with Gasteiger partial charge in [-0.25, -0.2) is 0 Å². The van der Waals surface area contributed by atoms with E-state index in [1.807, 2.05) is 16.3 Å². The highest BCUT2D eigenvalue weighted by molar-refractivity contribution is 7.12. The van der Waals surface area contributed by atoms with E-state index in [4.69, 9.17) is 5.73 Å². The van der Waals surface area contributed by atoms with Crippen LogP contribution in [0.2, 0.25) is 0 Å². The smallest absolute Gasteiger partial charge is 0.265 e. The van der Waals surface area contributed by atoms with Gasteiger partial charge in [-0.2, -0.15) is 0 Å². The van der Waals surface area contributed by atoms with Gasteiger partial charge in [0.05, 0.1) is 4.88 Å². The van der Waals surface area contributed by atoms with Gasteiger partial charge in [-0.15, -0.1) is 23.7 Å². The summed E-state index contributed by atoms with van der Waals surface area (Å²) in [7, 11) is 0. The van der Waals surface area contributed by atoms with Crippen molar-refractivity contribution in [2.45, 2.75) is 18.9 Å². The predicted octanol–water partition coefficient (Wildman–Crippen LogP) is 2.99. The Balaban J connectivity index is 0.00000208. The van der Waals surface area contributed by atoms with Crippen molar-refractivity contribution in [3.05, 3.63) is 52.2 Å². The van der Waals surface area contributed by atoms with Crippen molar-refractivity contribution in [3.8, 4) is 0 Å². The van der Waals surface area contributed by atoms with Crippen LogP contribution in [0.5, 0.6) is 0 Å². The lowest BCUT2D eigenvalue weighted by molar-refractivity contribution is 0.0714. The van der Waals surface area contributed by atoms with Gasteiger partial charge in [0.15, 0.2) is 0 Å². The van der Waals surface area contributed by atoms with E-state index in [1.54, 1.807) is 30.3 Å². The number of nitrogens with zero attached hydrogens (tertiary/aromatic N) is 1. The number of likely N-dealkylation sites (tertiary alicyclic amines) is 1. The molecular weight excluding hydrogens is 346 g/mol. The summed E-state index contributed by atoms with van der Waals surface area (Å²) in [5.41, 5.74) is 7.09. The van der Waals surface area contributed by atoms with Crippen molar-refractivity contribution in [3.63, 3.8) is 0 Å². The average molecular weight is 366 g/mol. The quantitative estimate of drug-likeness (QED) is 0.877. The van der Waals surface area contributed by atoms with Crippen molar-refractivity contribution in [2.24, 2.45) is 5.73 Å². The Morgan fingerprint density at radius 3 is 2.58 bits per heavy atom. The minimum atomic E-state index is -0.159. The van der Waals surface area contributed by atoms with Crippen LogP contribution in [0.15, 0.2) is 41.8 Å². The molecule has 0 bridgehead atoms. The lowest BCUT2D eigenvalue weighted by Gasteiger charge is -2.30. The van der Waals surface area contributed by atoms with Crippen molar-refractivity contribution >= 4 is 41.2 Å². The minimum absolute atomic E-state index is 0. The van der Waals surface area contributed by atoms with Gasteiger partial charge in [0.2, 0.25) is 0 Å². The highest BCUT2D eigenvalue weighted by atomic mass is 35.5. The van der Waals surface area contributed by atoms with Crippen molar-refractivity contribution < 1.29 is 9.59 Å². The number of hydrogen-bond acceptors (Lipinski definition) is 4. The highest BCUT2D eigenvalue weighted by Crippen LogP contribution is 2.18. The second kappa shape index (κ2) is 8.28. The van der Waals surface area contributed by atoms with E-state index < -0.39 is 0 Å². The van der Waals surface area contributed by atoms with Gasteiger partial charge in [-0.3, -0.25) is 9.59 Å². The largest absolute Gasteiger partial charge is 0.339 e. The lowest BCUT2D eigenvalue weighted by Crippen LogP contribution is -2.42. The molecule has 0 spiro atoms. The Bertz CT molecular complexity index is 698. The molecule has 0 unspecified atom stereocenters. The van der Waals surface area contributed by atoms with E-state index in [-0.39, 0.29) is 30.3 Å². The molecular formula is C17H20ClN3O2S. The van der Waals surface area contributed by atoms with E-state index in [0.717, 1.165) is 12.8 Å². The Morgan fingerprint density at radius 2 is 1.92 bits per heavy atom. The van der Waals surface area contributed by atoms with Crippen LogP contribution in [-0.4, -0.2) is 35.8 Å². The molecule has 1 aromatic heterocycles. The van der Waals surface area contributed by atoms with Crippen LogP contribution in [0.3, 0.4) is 0 Å². The Morgan fingerprint density at radius 1 is 1.17 bits per heavy atom. The molecule has 0 radical (unpaired) electrons. The second-order valence-electron chi connectivity index (χ2n) is 5.64. The Kier molecular flexibility index (Phi) is 6.36. The van der Waals surface area contributed by atoms with Crippen molar-refractivity contribution in [1.82, 2.24) is 4.90 Å². The van der Waals surface area contributed by atoms with Crippen LogP contribution in [0.25, 0.3) is 0 Å². The normalized spacial score (nSPS) is 14.8. The van der Waals surface area contributed by atoms with Crippen LogP contribution in [0.1, 0.15) is 32.9 Å². The number of carbonyl (C=O) groups excluding carboxylic acids is 2. The number of nitrogens with one attached hydrogen (secondary N) is 1. The van der Waals surface area contributed by atoms with Crippen LogP contribution in [0, 0.1) is 0 Å². The van der Waals surface area contributed by atoms with Crippen LogP contribution >= 0.6 is 23.7 Å². The Labute approximate surface area is 151 Å². The van der Waals surface area contributed by atoms with Crippen LogP contribution in [0.4, 0.5) is 5.69 Å². The summed E-state index contributed by atoms with van der Waals surface area (Å²) in [6.45, 7) is 1.37. The third-order valence-electron chi connectivity index (χ3n) is 3.94. The lowest BCUT2D eigenvalue weighted by atomic mass is 10.0. The number of thiophene rings is 1. The van der Waals surface area contributed by atoms with Gasteiger partial charge in [0.25, 0.3) is 11.8 Å².